The molecule has 2 fully saturated rings. The van der Waals surface area contributed by atoms with E-state index >= 15 is 0 Å². The van der Waals surface area contributed by atoms with Crippen LogP contribution in [0.2, 0.25) is 0 Å². The van der Waals surface area contributed by atoms with Gasteiger partial charge in [-0.05, 0) is 69.1 Å². The van der Waals surface area contributed by atoms with Crippen molar-refractivity contribution in [1.29, 1.82) is 0 Å². The first-order valence-electron chi connectivity index (χ1n) is 12.9. The molecule has 0 heterocycles. The summed E-state index contributed by atoms with van der Waals surface area (Å²) >= 11 is 0. The van der Waals surface area contributed by atoms with Crippen LogP contribution in [0.4, 0.5) is 4.79 Å². The Balaban J connectivity index is 1.85. The number of benzene rings is 1. The van der Waals surface area contributed by atoms with Crippen molar-refractivity contribution in [3.05, 3.63) is 59.7 Å². The molecule has 0 radical (unpaired) electrons. The Kier molecular flexibility index (Phi) is 9.80. The molecule has 2 aliphatic rings. The number of ether oxygens (including phenoxy) is 3. The number of nitrogens with one attached hydrogen (secondary N) is 1. The summed E-state index contributed by atoms with van der Waals surface area (Å²) in [4.78, 5) is 27.1. The van der Waals surface area contributed by atoms with Crippen molar-refractivity contribution in [2.24, 2.45) is 0 Å². The molecule has 1 aromatic rings. The zero-order valence-electron chi connectivity index (χ0n) is 22.4. The fraction of sp³-hybridized carbons (Fsp3) is 0.517. The minimum absolute atomic E-state index is 0.285. The van der Waals surface area contributed by atoms with E-state index in [2.05, 4.69) is 11.9 Å². The van der Waals surface area contributed by atoms with Gasteiger partial charge in [0, 0.05) is 12.1 Å². The van der Waals surface area contributed by atoms with E-state index in [-0.39, 0.29) is 12.6 Å². The number of aliphatic carboxylic acids is 1. The topological polar surface area (TPSA) is 97.3 Å². The van der Waals surface area contributed by atoms with Gasteiger partial charge in [0.15, 0.2) is 0 Å². The van der Waals surface area contributed by atoms with Crippen molar-refractivity contribution in [3.63, 3.8) is 0 Å². The third-order valence-electron chi connectivity index (χ3n) is 7.31. The Hall–Kier alpha value is -3.26. The molecule has 0 bridgehead atoms. The highest BCUT2D eigenvalue weighted by atomic mass is 16.5. The lowest BCUT2D eigenvalue weighted by Gasteiger charge is -2.41. The van der Waals surface area contributed by atoms with Crippen molar-refractivity contribution < 1.29 is 28.9 Å². The molecule has 8 heteroatoms. The van der Waals surface area contributed by atoms with Crippen LogP contribution in [0.15, 0.2) is 43.0 Å². The van der Waals surface area contributed by atoms with Gasteiger partial charge in [-0.3, -0.25) is 0 Å². The van der Waals surface area contributed by atoms with Gasteiger partial charge in [0.2, 0.25) is 0 Å². The number of carboxylic acids is 1. The van der Waals surface area contributed by atoms with Crippen LogP contribution in [0.3, 0.4) is 0 Å². The number of nitrogens with zero attached hydrogens (tertiary/aromatic N) is 1. The van der Waals surface area contributed by atoms with Crippen LogP contribution < -0.4 is 14.8 Å². The number of amides is 2. The maximum atomic E-state index is 13.5. The highest BCUT2D eigenvalue weighted by Gasteiger charge is 2.47. The molecule has 0 aliphatic heterocycles. The molecule has 8 nitrogen and oxygen atoms in total. The molecule has 2 saturated carbocycles. The highest BCUT2D eigenvalue weighted by Crippen LogP contribution is 2.51. The molecule has 0 spiro atoms. The number of hydrogen-bond donors (Lipinski definition) is 2. The number of carbonyl (C=O) groups excluding carboxylic acids is 1. The smallest absolute Gasteiger partial charge is 0.329 e. The van der Waals surface area contributed by atoms with Gasteiger partial charge in [0.1, 0.15) is 17.0 Å². The summed E-state index contributed by atoms with van der Waals surface area (Å²) in [5.74, 6) is 0.965. The predicted octanol–water partition coefficient (Wildman–Crippen LogP) is 5.28. The number of carboxylic acid groups (broad SMARTS) is 1. The molecule has 1 atom stereocenters. The summed E-state index contributed by atoms with van der Waals surface area (Å²) < 4.78 is 17.3. The first-order chi connectivity index (χ1) is 17.8. The number of carbonyl (C=O) groups is 2. The summed E-state index contributed by atoms with van der Waals surface area (Å²) in [6.07, 6.45) is 12.9. The fourth-order valence-electron chi connectivity index (χ4n) is 4.83. The minimum Gasteiger partial charge on any atom is -0.496 e. The van der Waals surface area contributed by atoms with Crippen molar-refractivity contribution in [2.75, 3.05) is 34.0 Å². The van der Waals surface area contributed by atoms with Crippen molar-refractivity contribution >= 4 is 12.0 Å². The zero-order chi connectivity index (χ0) is 27.0. The van der Waals surface area contributed by atoms with Crippen LogP contribution in [0.1, 0.15) is 67.7 Å². The Morgan fingerprint density at radius 1 is 1.24 bits per heavy atom. The molecular weight excluding hydrogens is 472 g/mol. The van der Waals surface area contributed by atoms with Crippen molar-refractivity contribution in [3.8, 4) is 11.5 Å². The molecule has 202 valence electrons. The van der Waals surface area contributed by atoms with E-state index in [1.165, 1.54) is 0 Å². The van der Waals surface area contributed by atoms with Crippen LogP contribution in [0.5, 0.6) is 11.5 Å². The number of rotatable bonds is 14. The SMILES string of the molecule is C=C/C=C\C=C\COCCN(C(=O)NC1(C(=O)O)CCC1)C(C)c1cc(OC)c(C2CC2)c(OC)c1C. The standard InChI is InChI=1S/C29H40N2O6/c1-6-7-8-9-10-17-37-18-16-31(28(34)30-29(27(32)33)14-11-15-29)21(3)23-19-24(35-4)25(22-12-13-22)26(36-5)20(23)2/h6-10,19,21-22H,1,11-18H2,2-5H3,(H,30,34)(H,32,33)/b8-7-,10-9+. The predicted molar refractivity (Wildman–Crippen MR) is 143 cm³/mol. The van der Waals surface area contributed by atoms with E-state index in [1.54, 1.807) is 25.2 Å². The molecule has 2 N–H and O–H groups in total. The second kappa shape index (κ2) is 12.8. The molecule has 37 heavy (non-hydrogen) atoms. The summed E-state index contributed by atoms with van der Waals surface area (Å²) in [6.45, 7) is 8.53. The first-order valence-corrected chi connectivity index (χ1v) is 12.9. The van der Waals surface area contributed by atoms with E-state index in [9.17, 15) is 14.7 Å². The zero-order valence-corrected chi connectivity index (χ0v) is 22.4. The summed E-state index contributed by atoms with van der Waals surface area (Å²) in [6, 6.07) is 1.19. The Bertz CT molecular complexity index is 1040. The minimum atomic E-state index is -1.21. The average molecular weight is 513 g/mol. The number of hydrogen-bond acceptors (Lipinski definition) is 5. The molecule has 1 aromatic carbocycles. The number of urea groups is 1. The van der Waals surface area contributed by atoms with Gasteiger partial charge in [-0.1, -0.05) is 37.0 Å². The normalized spacial score (nSPS) is 17.3. The van der Waals surface area contributed by atoms with Crippen LogP contribution in [0.25, 0.3) is 0 Å². The second-order valence-electron chi connectivity index (χ2n) is 9.68. The third-order valence-corrected chi connectivity index (χ3v) is 7.31. The van der Waals surface area contributed by atoms with E-state index in [0.717, 1.165) is 47.5 Å². The Morgan fingerprint density at radius 2 is 1.97 bits per heavy atom. The average Bonchev–Trinajstić information content (AvgIpc) is 3.69. The van der Waals surface area contributed by atoms with Gasteiger partial charge >= 0.3 is 12.0 Å². The van der Waals surface area contributed by atoms with Crippen molar-refractivity contribution in [2.45, 2.75) is 63.5 Å². The highest BCUT2D eigenvalue weighted by molar-refractivity contribution is 5.87. The van der Waals surface area contributed by atoms with Gasteiger partial charge < -0.3 is 29.5 Å². The largest absolute Gasteiger partial charge is 0.496 e. The quantitative estimate of drug-likeness (QED) is 0.260. The van der Waals surface area contributed by atoms with E-state index in [0.29, 0.717) is 32.0 Å². The summed E-state index contributed by atoms with van der Waals surface area (Å²) in [5.41, 5.74) is 1.70. The molecule has 2 amide bonds. The van der Waals surface area contributed by atoms with E-state index in [1.807, 2.05) is 44.2 Å². The maximum absolute atomic E-state index is 13.5. The maximum Gasteiger partial charge on any atom is 0.329 e. The monoisotopic (exact) mass is 512 g/mol. The van der Waals surface area contributed by atoms with Crippen LogP contribution >= 0.6 is 0 Å². The van der Waals surface area contributed by atoms with Gasteiger partial charge in [-0.15, -0.1) is 0 Å². The van der Waals surface area contributed by atoms with Crippen molar-refractivity contribution in [1.82, 2.24) is 10.2 Å². The lowest BCUT2D eigenvalue weighted by atomic mass is 9.77. The Labute approximate surface area is 220 Å². The number of allylic oxidation sites excluding steroid dienone is 4. The molecule has 2 aliphatic carbocycles. The second-order valence-corrected chi connectivity index (χ2v) is 9.68. The van der Waals surface area contributed by atoms with Gasteiger partial charge in [-0.25, -0.2) is 9.59 Å². The Morgan fingerprint density at radius 3 is 2.51 bits per heavy atom. The molecule has 1 unspecified atom stereocenters. The lowest BCUT2D eigenvalue weighted by molar-refractivity contribution is -0.148. The van der Waals surface area contributed by atoms with Crippen LogP contribution in [-0.4, -0.2) is 61.5 Å². The van der Waals surface area contributed by atoms with Crippen LogP contribution in [-0.2, 0) is 9.53 Å². The summed E-state index contributed by atoms with van der Waals surface area (Å²) in [7, 11) is 3.30. The van der Waals surface area contributed by atoms with Gasteiger partial charge in [0.25, 0.3) is 0 Å². The lowest BCUT2D eigenvalue weighted by Crippen LogP contribution is -2.62. The molecule has 0 saturated heterocycles. The van der Waals surface area contributed by atoms with Gasteiger partial charge in [-0.2, -0.15) is 0 Å². The fourth-order valence-corrected chi connectivity index (χ4v) is 4.83. The first kappa shape index (κ1) is 28.3. The summed E-state index contributed by atoms with van der Waals surface area (Å²) in [5, 5.41) is 12.6. The third kappa shape index (κ3) is 6.55. The van der Waals surface area contributed by atoms with E-state index < -0.39 is 17.5 Å². The molecule has 3 rings (SSSR count). The van der Waals surface area contributed by atoms with Gasteiger partial charge in [0.05, 0.1) is 33.5 Å². The number of methoxy groups -OCH3 is 2. The van der Waals surface area contributed by atoms with E-state index in [4.69, 9.17) is 14.2 Å². The van der Waals surface area contributed by atoms with Crippen LogP contribution in [0, 0.1) is 6.92 Å². The molecule has 0 aromatic heterocycles. The molecular formula is C29H40N2O6.